The molecule has 2 aromatic heterocycles. The molecule has 0 N–H and O–H groups in total. The highest BCUT2D eigenvalue weighted by atomic mass is 32.1. The van der Waals surface area contributed by atoms with Gasteiger partial charge in [0.1, 0.15) is 6.26 Å². The summed E-state index contributed by atoms with van der Waals surface area (Å²) in [5.41, 5.74) is 3.67. The number of aryl methyl sites for hydroxylation is 1. The summed E-state index contributed by atoms with van der Waals surface area (Å²) in [5.74, 6) is -0.112. The Morgan fingerprint density at radius 1 is 1.09 bits per heavy atom. The zero-order chi connectivity index (χ0) is 22.8. The number of thiazole rings is 1. The summed E-state index contributed by atoms with van der Waals surface area (Å²) in [5, 5.41) is 0.727. The van der Waals surface area contributed by atoms with Crippen LogP contribution in [0.15, 0.2) is 71.5 Å². The average molecular weight is 460 g/mol. The normalized spacial score (nSPS) is 14.5. The third kappa shape index (κ3) is 4.41. The minimum absolute atomic E-state index is 0.0440. The molecule has 0 bridgehead atoms. The molecule has 2 amide bonds. The monoisotopic (exact) mass is 459 g/mol. The highest BCUT2D eigenvalue weighted by Gasteiger charge is 2.32. The highest BCUT2D eigenvalue weighted by molar-refractivity contribution is 7.22. The van der Waals surface area contributed by atoms with Crippen molar-refractivity contribution >= 4 is 38.5 Å². The maximum absolute atomic E-state index is 13.7. The first-order valence-electron chi connectivity index (χ1n) is 11.1. The third-order valence-electron chi connectivity index (χ3n) is 6.19. The molecule has 0 radical (unpaired) electrons. The van der Waals surface area contributed by atoms with Gasteiger partial charge >= 0.3 is 0 Å². The van der Waals surface area contributed by atoms with E-state index in [0.717, 1.165) is 26.5 Å². The molecule has 1 fully saturated rings. The number of hydrogen-bond donors (Lipinski definition) is 0. The molecule has 33 heavy (non-hydrogen) atoms. The summed E-state index contributed by atoms with van der Waals surface area (Å²) in [4.78, 5) is 34.9. The van der Waals surface area contributed by atoms with Gasteiger partial charge < -0.3 is 9.32 Å². The predicted molar refractivity (Wildman–Crippen MR) is 129 cm³/mol. The lowest BCUT2D eigenvalue weighted by Crippen LogP contribution is -2.44. The van der Waals surface area contributed by atoms with Crippen LogP contribution in [0.5, 0.6) is 0 Å². The van der Waals surface area contributed by atoms with Crippen LogP contribution in [0.2, 0.25) is 0 Å². The lowest BCUT2D eigenvalue weighted by atomic mass is 9.94. The van der Waals surface area contributed by atoms with E-state index >= 15 is 0 Å². The van der Waals surface area contributed by atoms with Gasteiger partial charge in [-0.15, -0.1) is 0 Å². The second-order valence-electron chi connectivity index (χ2n) is 8.41. The largest absolute Gasteiger partial charge is 0.472 e. The van der Waals surface area contributed by atoms with Crippen molar-refractivity contribution in [2.45, 2.75) is 26.3 Å². The zero-order valence-electron chi connectivity index (χ0n) is 18.4. The zero-order valence-corrected chi connectivity index (χ0v) is 19.3. The van der Waals surface area contributed by atoms with Crippen LogP contribution in [0.25, 0.3) is 10.2 Å². The maximum Gasteiger partial charge on any atom is 0.257 e. The smallest absolute Gasteiger partial charge is 0.257 e. The Morgan fingerprint density at radius 2 is 1.88 bits per heavy atom. The molecule has 1 saturated heterocycles. The molecule has 168 valence electrons. The first-order chi connectivity index (χ1) is 16.1. The number of piperidine rings is 1. The van der Waals surface area contributed by atoms with Crippen LogP contribution in [-0.4, -0.2) is 34.8 Å². The Kier molecular flexibility index (Phi) is 5.96. The number of anilines is 1. The second kappa shape index (κ2) is 9.19. The van der Waals surface area contributed by atoms with Crippen LogP contribution in [0.4, 0.5) is 5.13 Å². The van der Waals surface area contributed by atoms with E-state index in [4.69, 9.17) is 9.40 Å². The minimum Gasteiger partial charge on any atom is -0.472 e. The van der Waals surface area contributed by atoms with Crippen molar-refractivity contribution in [1.82, 2.24) is 9.88 Å². The van der Waals surface area contributed by atoms with Crippen molar-refractivity contribution < 1.29 is 14.0 Å². The van der Waals surface area contributed by atoms with Crippen LogP contribution < -0.4 is 4.90 Å². The van der Waals surface area contributed by atoms with Crippen LogP contribution in [0, 0.1) is 12.8 Å². The van der Waals surface area contributed by atoms with Crippen molar-refractivity contribution in [3.63, 3.8) is 0 Å². The molecule has 5 rings (SSSR count). The van der Waals surface area contributed by atoms with E-state index in [2.05, 4.69) is 6.07 Å². The SMILES string of the molecule is Cc1cccc2sc(N(Cc3ccccc3)C(=O)C3CCN(C(=O)c4ccoc4)CC3)nc12. The van der Waals surface area contributed by atoms with Gasteiger partial charge in [-0.1, -0.05) is 53.8 Å². The summed E-state index contributed by atoms with van der Waals surface area (Å²) in [7, 11) is 0. The van der Waals surface area contributed by atoms with Gasteiger partial charge in [0.25, 0.3) is 5.91 Å². The Balaban J connectivity index is 1.37. The number of rotatable bonds is 5. The topological polar surface area (TPSA) is 66.7 Å². The van der Waals surface area contributed by atoms with E-state index in [-0.39, 0.29) is 17.7 Å². The minimum atomic E-state index is -0.143. The first kappa shape index (κ1) is 21.4. The summed E-state index contributed by atoms with van der Waals surface area (Å²) < 4.78 is 6.12. The molecule has 0 unspecified atom stereocenters. The number of para-hydroxylation sites is 1. The van der Waals surface area contributed by atoms with Crippen molar-refractivity contribution in [3.05, 3.63) is 83.8 Å². The molecule has 0 atom stereocenters. The number of amides is 2. The predicted octanol–water partition coefficient (Wildman–Crippen LogP) is 5.28. The van der Waals surface area contributed by atoms with Crippen molar-refractivity contribution in [1.29, 1.82) is 0 Å². The van der Waals surface area contributed by atoms with E-state index in [9.17, 15) is 9.59 Å². The molecular formula is C26H25N3O3S. The van der Waals surface area contributed by atoms with Crippen molar-refractivity contribution in [3.8, 4) is 0 Å². The summed E-state index contributed by atoms with van der Waals surface area (Å²) in [6.45, 7) is 3.63. The molecule has 0 aliphatic carbocycles. The van der Waals surface area contributed by atoms with E-state index in [1.807, 2.05) is 54.3 Å². The van der Waals surface area contributed by atoms with Crippen LogP contribution in [0.1, 0.15) is 34.3 Å². The summed E-state index contributed by atoms with van der Waals surface area (Å²) in [6.07, 6.45) is 4.25. The third-order valence-corrected chi connectivity index (χ3v) is 7.23. The molecule has 0 spiro atoms. The molecule has 7 heteroatoms. The van der Waals surface area contributed by atoms with Gasteiger partial charge in [-0.05, 0) is 43.0 Å². The fraction of sp³-hybridized carbons (Fsp3) is 0.269. The molecular weight excluding hydrogens is 434 g/mol. The Morgan fingerprint density at radius 3 is 2.58 bits per heavy atom. The van der Waals surface area contributed by atoms with Gasteiger partial charge in [-0.3, -0.25) is 14.5 Å². The van der Waals surface area contributed by atoms with E-state index in [1.165, 1.54) is 12.5 Å². The van der Waals surface area contributed by atoms with Gasteiger partial charge in [0, 0.05) is 19.0 Å². The number of hydrogen-bond acceptors (Lipinski definition) is 5. The van der Waals surface area contributed by atoms with Gasteiger partial charge in [0.2, 0.25) is 5.91 Å². The van der Waals surface area contributed by atoms with Crippen molar-refractivity contribution in [2.75, 3.05) is 18.0 Å². The molecule has 1 aliphatic rings. The lowest BCUT2D eigenvalue weighted by molar-refractivity contribution is -0.123. The second-order valence-corrected chi connectivity index (χ2v) is 9.42. The summed E-state index contributed by atoms with van der Waals surface area (Å²) >= 11 is 1.55. The number of benzene rings is 2. The van der Waals surface area contributed by atoms with Gasteiger partial charge in [-0.25, -0.2) is 4.98 Å². The van der Waals surface area contributed by atoms with Crippen LogP contribution in [-0.2, 0) is 11.3 Å². The fourth-order valence-corrected chi connectivity index (χ4v) is 5.36. The van der Waals surface area contributed by atoms with Gasteiger partial charge in [0.05, 0.1) is 28.6 Å². The Labute approximate surface area is 196 Å². The van der Waals surface area contributed by atoms with Gasteiger partial charge in [-0.2, -0.15) is 0 Å². The maximum atomic E-state index is 13.7. The molecule has 3 heterocycles. The van der Waals surface area contributed by atoms with Crippen LogP contribution >= 0.6 is 11.3 Å². The molecule has 0 saturated carbocycles. The number of fused-ring (bicyclic) bond motifs is 1. The molecule has 1 aliphatic heterocycles. The average Bonchev–Trinajstić information content (AvgIpc) is 3.54. The number of likely N-dealkylation sites (tertiary alicyclic amines) is 1. The number of nitrogens with zero attached hydrogens (tertiary/aromatic N) is 3. The van der Waals surface area contributed by atoms with Crippen LogP contribution in [0.3, 0.4) is 0 Å². The lowest BCUT2D eigenvalue weighted by Gasteiger charge is -2.33. The Hall–Kier alpha value is -3.45. The number of carbonyl (C=O) groups is 2. The number of furan rings is 1. The molecule has 2 aromatic carbocycles. The first-order valence-corrected chi connectivity index (χ1v) is 11.9. The highest BCUT2D eigenvalue weighted by Crippen LogP contribution is 2.33. The fourth-order valence-electron chi connectivity index (χ4n) is 4.31. The van der Waals surface area contributed by atoms with E-state index in [1.54, 1.807) is 22.3 Å². The number of aromatic nitrogens is 1. The molecule has 4 aromatic rings. The Bertz CT molecular complexity index is 1260. The molecule has 6 nitrogen and oxygen atoms in total. The number of carbonyl (C=O) groups excluding carboxylic acids is 2. The standard InChI is InChI=1S/C26H25N3O3S/c1-18-6-5-9-22-23(18)27-26(33-22)29(16-19-7-3-2-4-8-19)25(31)20-10-13-28(14-11-20)24(30)21-12-15-32-17-21/h2-9,12,15,17,20H,10-11,13-14,16H2,1H3. The van der Waals surface area contributed by atoms with Gasteiger partial charge in [0.15, 0.2) is 5.13 Å². The van der Waals surface area contributed by atoms with E-state index in [0.29, 0.717) is 38.0 Å². The van der Waals surface area contributed by atoms with E-state index < -0.39 is 0 Å². The van der Waals surface area contributed by atoms with Crippen molar-refractivity contribution in [2.24, 2.45) is 5.92 Å². The quantitative estimate of drug-likeness (QED) is 0.407. The summed E-state index contributed by atoms with van der Waals surface area (Å²) in [6, 6.07) is 17.8.